The molecule has 7 heteroatoms. The van der Waals surface area contributed by atoms with Gasteiger partial charge in [0.1, 0.15) is 23.3 Å². The van der Waals surface area contributed by atoms with Gasteiger partial charge < -0.3 is 23.9 Å². The van der Waals surface area contributed by atoms with Gasteiger partial charge in [-0.3, -0.25) is 4.98 Å². The Morgan fingerprint density at radius 3 is 2.54 bits per heavy atom. The molecule has 0 bridgehead atoms. The molecule has 4 heterocycles. The summed E-state index contributed by atoms with van der Waals surface area (Å²) in [6.45, 7) is 2.67. The fraction of sp³-hybridized carbons (Fsp3) is 0.133. The minimum Gasteiger partial charge on any atom is -0.467 e. The summed E-state index contributed by atoms with van der Waals surface area (Å²) in [6.07, 6.45) is 5.60. The van der Waals surface area contributed by atoms with Crippen LogP contribution in [0.4, 0.5) is 5.69 Å². The average Bonchev–Trinajstić information content (AvgIpc) is 3.67. The summed E-state index contributed by atoms with van der Waals surface area (Å²) in [5.41, 5.74) is 4.11. The number of pyridine rings is 1. The maximum Gasteiger partial charge on any atom is 0.174 e. The molecule has 1 aliphatic heterocycles. The van der Waals surface area contributed by atoms with Crippen LogP contribution in [0.3, 0.4) is 0 Å². The first kappa shape index (κ1) is 23.1. The van der Waals surface area contributed by atoms with Gasteiger partial charge in [-0.2, -0.15) is 0 Å². The molecule has 1 fully saturated rings. The molecule has 184 valence electrons. The lowest BCUT2D eigenvalue weighted by molar-refractivity contribution is 0.474. The van der Waals surface area contributed by atoms with Crippen LogP contribution in [0.15, 0.2) is 114 Å². The summed E-state index contributed by atoms with van der Waals surface area (Å²) in [7, 11) is 0. The Kier molecular flexibility index (Phi) is 6.20. The molecule has 0 aliphatic carbocycles. The quantitative estimate of drug-likeness (QED) is 0.245. The number of benzene rings is 2. The van der Waals surface area contributed by atoms with Gasteiger partial charge in [-0.15, -0.1) is 0 Å². The van der Waals surface area contributed by atoms with E-state index in [4.69, 9.17) is 21.4 Å². The number of anilines is 1. The number of hydrogen-bond donors (Lipinski definition) is 1. The SMILES string of the molecule is Cc1ccccc1Oc1ccc(N2C(=S)N[C@@H](c3ccccn3)[C@@H]2c2cccn2Cc2ccco2)cc1. The van der Waals surface area contributed by atoms with Crippen LogP contribution in [0, 0.1) is 6.92 Å². The van der Waals surface area contributed by atoms with E-state index in [0.29, 0.717) is 11.7 Å². The molecule has 0 radical (unpaired) electrons. The number of furan rings is 1. The summed E-state index contributed by atoms with van der Waals surface area (Å²) in [5, 5.41) is 4.18. The highest BCUT2D eigenvalue weighted by Gasteiger charge is 2.42. The van der Waals surface area contributed by atoms with Gasteiger partial charge in [-0.25, -0.2) is 0 Å². The Morgan fingerprint density at radius 2 is 1.78 bits per heavy atom. The minimum absolute atomic E-state index is 0.115. The average molecular weight is 507 g/mol. The van der Waals surface area contributed by atoms with E-state index in [1.54, 1.807) is 6.26 Å². The number of hydrogen-bond acceptors (Lipinski definition) is 4. The molecule has 37 heavy (non-hydrogen) atoms. The van der Waals surface area contributed by atoms with Crippen molar-refractivity contribution in [2.75, 3.05) is 4.90 Å². The van der Waals surface area contributed by atoms with Crippen LogP contribution in [-0.2, 0) is 6.54 Å². The Morgan fingerprint density at radius 1 is 0.946 bits per heavy atom. The fourth-order valence-corrected chi connectivity index (χ4v) is 5.16. The molecule has 1 saturated heterocycles. The first-order chi connectivity index (χ1) is 18.2. The smallest absolute Gasteiger partial charge is 0.174 e. The first-order valence-corrected chi connectivity index (χ1v) is 12.6. The zero-order valence-corrected chi connectivity index (χ0v) is 21.1. The number of aryl methyl sites for hydroxylation is 1. The molecule has 6 nitrogen and oxygen atoms in total. The molecule has 2 aromatic carbocycles. The third-order valence-electron chi connectivity index (χ3n) is 6.61. The van der Waals surface area contributed by atoms with E-state index < -0.39 is 0 Å². The molecule has 6 rings (SSSR count). The Hall–Kier alpha value is -4.36. The highest BCUT2D eigenvalue weighted by atomic mass is 32.1. The van der Waals surface area contributed by atoms with E-state index in [1.807, 2.05) is 79.9 Å². The van der Waals surface area contributed by atoms with Crippen molar-refractivity contribution in [3.05, 3.63) is 132 Å². The van der Waals surface area contributed by atoms with E-state index in [2.05, 4.69) is 50.2 Å². The van der Waals surface area contributed by atoms with Crippen molar-refractivity contribution in [3.63, 3.8) is 0 Å². The van der Waals surface area contributed by atoms with Crippen LogP contribution in [-0.4, -0.2) is 14.7 Å². The minimum atomic E-state index is -0.123. The third-order valence-corrected chi connectivity index (χ3v) is 6.92. The standard InChI is InChI=1S/C30H26N4O2S/c1-21-8-2-3-12-27(21)36-23-15-13-22(14-16-23)34-29(28(32-30(34)37)25-10-4-5-17-31-25)26-11-6-18-33(26)20-24-9-7-19-35-24/h2-19,28-29H,20H2,1H3,(H,32,37)/t28-,29-/m0/s1. The Balaban J connectivity index is 1.36. The van der Waals surface area contributed by atoms with Gasteiger partial charge in [0, 0.05) is 23.8 Å². The molecule has 0 spiro atoms. The molecule has 1 aliphatic rings. The van der Waals surface area contributed by atoms with Crippen molar-refractivity contribution in [2.45, 2.75) is 25.6 Å². The van der Waals surface area contributed by atoms with Gasteiger partial charge in [-0.1, -0.05) is 24.3 Å². The largest absolute Gasteiger partial charge is 0.467 e. The van der Waals surface area contributed by atoms with E-state index in [-0.39, 0.29) is 12.1 Å². The van der Waals surface area contributed by atoms with Gasteiger partial charge in [0.2, 0.25) is 0 Å². The van der Waals surface area contributed by atoms with Crippen molar-refractivity contribution in [1.29, 1.82) is 0 Å². The molecule has 0 saturated carbocycles. The van der Waals surface area contributed by atoms with Crippen LogP contribution in [0.1, 0.15) is 34.8 Å². The lowest BCUT2D eigenvalue weighted by Crippen LogP contribution is -2.30. The summed E-state index contributed by atoms with van der Waals surface area (Å²) in [6, 6.07) is 29.9. The predicted octanol–water partition coefficient (Wildman–Crippen LogP) is 6.80. The Bertz CT molecular complexity index is 1500. The summed E-state index contributed by atoms with van der Waals surface area (Å²) >= 11 is 5.89. The van der Waals surface area contributed by atoms with Crippen LogP contribution >= 0.6 is 12.2 Å². The lowest BCUT2D eigenvalue weighted by atomic mass is 10.0. The number of nitrogens with one attached hydrogen (secondary N) is 1. The second-order valence-electron chi connectivity index (χ2n) is 9.00. The first-order valence-electron chi connectivity index (χ1n) is 12.2. The number of ether oxygens (including phenoxy) is 1. The maximum absolute atomic E-state index is 6.13. The van der Waals surface area contributed by atoms with Crippen molar-refractivity contribution in [2.24, 2.45) is 0 Å². The summed E-state index contributed by atoms with van der Waals surface area (Å²) in [4.78, 5) is 6.83. The van der Waals surface area contributed by atoms with Crippen molar-refractivity contribution in [3.8, 4) is 11.5 Å². The zero-order chi connectivity index (χ0) is 25.2. The number of thiocarbonyl (C=S) groups is 1. The second kappa shape index (κ2) is 9.95. The zero-order valence-electron chi connectivity index (χ0n) is 20.3. The highest BCUT2D eigenvalue weighted by molar-refractivity contribution is 7.80. The summed E-state index contributed by atoms with van der Waals surface area (Å²) < 4.78 is 14.0. The fourth-order valence-electron chi connectivity index (χ4n) is 4.82. The Labute approximate surface area is 221 Å². The monoisotopic (exact) mass is 506 g/mol. The second-order valence-corrected chi connectivity index (χ2v) is 9.39. The molecular weight excluding hydrogens is 480 g/mol. The summed E-state index contributed by atoms with van der Waals surface area (Å²) in [5.74, 6) is 2.51. The topological polar surface area (TPSA) is 55.5 Å². The third kappa shape index (κ3) is 4.61. The number of para-hydroxylation sites is 1. The predicted molar refractivity (Wildman–Crippen MR) is 148 cm³/mol. The lowest BCUT2D eigenvalue weighted by Gasteiger charge is -2.29. The van der Waals surface area contributed by atoms with Gasteiger partial charge in [0.25, 0.3) is 0 Å². The van der Waals surface area contributed by atoms with Crippen LogP contribution in [0.2, 0.25) is 0 Å². The molecule has 1 N–H and O–H groups in total. The van der Waals surface area contributed by atoms with E-state index >= 15 is 0 Å². The van der Waals surface area contributed by atoms with Crippen molar-refractivity contribution < 1.29 is 9.15 Å². The number of rotatable bonds is 7. The van der Waals surface area contributed by atoms with Crippen molar-refractivity contribution in [1.82, 2.24) is 14.9 Å². The highest BCUT2D eigenvalue weighted by Crippen LogP contribution is 2.42. The molecule has 2 atom stereocenters. The maximum atomic E-state index is 6.13. The molecule has 0 unspecified atom stereocenters. The number of aromatic nitrogens is 2. The van der Waals surface area contributed by atoms with E-state index in [0.717, 1.165) is 39.9 Å². The van der Waals surface area contributed by atoms with Crippen LogP contribution in [0.5, 0.6) is 11.5 Å². The van der Waals surface area contributed by atoms with E-state index in [1.165, 1.54) is 0 Å². The molecule has 3 aromatic heterocycles. The van der Waals surface area contributed by atoms with Crippen LogP contribution < -0.4 is 15.0 Å². The molecule has 5 aromatic rings. The normalized spacial score (nSPS) is 17.1. The van der Waals surface area contributed by atoms with Crippen LogP contribution in [0.25, 0.3) is 0 Å². The van der Waals surface area contributed by atoms with Gasteiger partial charge in [-0.05, 0) is 91.4 Å². The molecule has 0 amide bonds. The molecular formula is C30H26N4O2S. The van der Waals surface area contributed by atoms with Gasteiger partial charge in [0.05, 0.1) is 24.5 Å². The van der Waals surface area contributed by atoms with Crippen molar-refractivity contribution >= 4 is 23.0 Å². The van der Waals surface area contributed by atoms with Gasteiger partial charge in [0.15, 0.2) is 5.11 Å². The number of nitrogens with zero attached hydrogens (tertiary/aromatic N) is 3. The van der Waals surface area contributed by atoms with E-state index in [9.17, 15) is 0 Å². The van der Waals surface area contributed by atoms with Gasteiger partial charge >= 0.3 is 0 Å².